The van der Waals surface area contributed by atoms with Crippen LogP contribution in [-0.4, -0.2) is 18.0 Å². The molecule has 1 unspecified atom stereocenters. The monoisotopic (exact) mass is 383 g/mol. The first kappa shape index (κ1) is 18.7. The van der Waals surface area contributed by atoms with E-state index in [0.717, 1.165) is 11.1 Å². The number of carbonyl (C=O) groups excluding carboxylic acids is 2. The number of benzene rings is 2. The number of hydrogen-bond acceptors (Lipinski definition) is 4. The van der Waals surface area contributed by atoms with Gasteiger partial charge in [-0.15, -0.1) is 0 Å². The fraction of sp³-hybridized carbons (Fsp3) is 0.143. The minimum absolute atomic E-state index is 0.0681. The molecule has 6 heteroatoms. The first-order valence-electron chi connectivity index (χ1n) is 8.40. The van der Waals surface area contributed by atoms with Gasteiger partial charge in [0.1, 0.15) is 0 Å². The largest absolute Gasteiger partial charge is 0.457 e. The Bertz CT molecular complexity index is 919. The van der Waals surface area contributed by atoms with E-state index in [1.807, 2.05) is 42.5 Å². The van der Waals surface area contributed by atoms with Gasteiger partial charge in [0.05, 0.1) is 6.26 Å². The molecule has 1 N–H and O–H groups in total. The van der Waals surface area contributed by atoms with E-state index in [1.165, 1.54) is 13.2 Å². The van der Waals surface area contributed by atoms with Crippen LogP contribution >= 0.6 is 11.6 Å². The number of furan rings is 1. The van der Waals surface area contributed by atoms with Gasteiger partial charge < -0.3 is 14.5 Å². The number of esters is 1. The number of rotatable bonds is 6. The number of halogens is 1. The van der Waals surface area contributed by atoms with E-state index in [2.05, 4.69) is 5.32 Å². The molecule has 5 nitrogen and oxygen atoms in total. The molecule has 1 amide bonds. The molecule has 0 radical (unpaired) electrons. The van der Waals surface area contributed by atoms with E-state index in [9.17, 15) is 9.59 Å². The summed E-state index contributed by atoms with van der Waals surface area (Å²) in [7, 11) is 0. The van der Waals surface area contributed by atoms with Crippen LogP contribution in [0.4, 0.5) is 0 Å². The highest BCUT2D eigenvalue weighted by atomic mass is 35.5. The van der Waals surface area contributed by atoms with Crippen molar-refractivity contribution < 1.29 is 18.7 Å². The van der Waals surface area contributed by atoms with Gasteiger partial charge in [0.15, 0.2) is 6.10 Å². The Hall–Kier alpha value is -3.05. The zero-order valence-electron chi connectivity index (χ0n) is 14.6. The van der Waals surface area contributed by atoms with Crippen molar-refractivity contribution in [3.8, 4) is 11.1 Å². The van der Waals surface area contributed by atoms with Crippen molar-refractivity contribution in [2.24, 2.45) is 0 Å². The third-order valence-electron chi connectivity index (χ3n) is 3.97. The van der Waals surface area contributed by atoms with Crippen LogP contribution in [0.15, 0.2) is 71.3 Å². The molecule has 0 aliphatic heterocycles. The Morgan fingerprint density at radius 2 is 1.78 bits per heavy atom. The van der Waals surface area contributed by atoms with Crippen molar-refractivity contribution in [2.45, 2.75) is 19.6 Å². The summed E-state index contributed by atoms with van der Waals surface area (Å²) in [4.78, 5) is 24.6. The lowest BCUT2D eigenvalue weighted by Gasteiger charge is -2.13. The topological polar surface area (TPSA) is 68.5 Å². The molecule has 27 heavy (non-hydrogen) atoms. The molecule has 3 rings (SSSR count). The van der Waals surface area contributed by atoms with E-state index in [0.29, 0.717) is 17.1 Å². The summed E-state index contributed by atoms with van der Waals surface area (Å²) in [6, 6.07) is 18.2. The first-order chi connectivity index (χ1) is 13.0. The molecular formula is C21H18ClNO4. The molecule has 1 heterocycles. The number of carbonyl (C=O) groups is 2. The summed E-state index contributed by atoms with van der Waals surface area (Å²) in [5, 5.41) is 3.35. The molecule has 138 valence electrons. The molecule has 2 aromatic carbocycles. The maximum absolute atomic E-state index is 12.4. The number of amides is 1. The smallest absolute Gasteiger partial charge is 0.375 e. The van der Waals surface area contributed by atoms with Crippen molar-refractivity contribution in [1.29, 1.82) is 0 Å². The fourth-order valence-electron chi connectivity index (χ4n) is 2.52. The van der Waals surface area contributed by atoms with Gasteiger partial charge in [0.25, 0.3) is 5.91 Å². The van der Waals surface area contributed by atoms with Crippen LogP contribution in [0, 0.1) is 0 Å². The lowest BCUT2D eigenvalue weighted by Crippen LogP contribution is -2.35. The summed E-state index contributed by atoms with van der Waals surface area (Å²) in [6.07, 6.45) is 0.461. The molecule has 0 saturated carbocycles. The van der Waals surface area contributed by atoms with Crippen LogP contribution < -0.4 is 5.32 Å². The van der Waals surface area contributed by atoms with Crippen LogP contribution in [-0.2, 0) is 16.1 Å². The van der Waals surface area contributed by atoms with Crippen molar-refractivity contribution in [2.75, 3.05) is 0 Å². The quantitative estimate of drug-likeness (QED) is 0.638. The van der Waals surface area contributed by atoms with Crippen molar-refractivity contribution >= 4 is 23.5 Å². The second-order valence-electron chi connectivity index (χ2n) is 5.92. The molecule has 0 fully saturated rings. The third-order valence-corrected chi connectivity index (χ3v) is 4.22. The zero-order valence-corrected chi connectivity index (χ0v) is 15.4. The fourth-order valence-corrected chi connectivity index (χ4v) is 2.64. The highest BCUT2D eigenvalue weighted by Crippen LogP contribution is 2.25. The second-order valence-corrected chi connectivity index (χ2v) is 6.36. The molecule has 3 aromatic rings. The van der Waals surface area contributed by atoms with Gasteiger partial charge in [0.2, 0.25) is 5.76 Å². The predicted molar refractivity (Wildman–Crippen MR) is 102 cm³/mol. The summed E-state index contributed by atoms with van der Waals surface area (Å²) in [5.41, 5.74) is 2.34. The summed E-state index contributed by atoms with van der Waals surface area (Å²) < 4.78 is 10.5. The maximum atomic E-state index is 12.4. The van der Waals surface area contributed by atoms with Crippen molar-refractivity contribution in [1.82, 2.24) is 5.32 Å². The molecule has 0 bridgehead atoms. The van der Waals surface area contributed by atoms with Crippen LogP contribution in [0.25, 0.3) is 11.1 Å². The SMILES string of the molecule is CC(OC(=O)c1occc1-c1ccccc1)C(=O)NCc1ccc(Cl)cc1. The molecule has 1 aromatic heterocycles. The Morgan fingerprint density at radius 1 is 1.07 bits per heavy atom. The number of hydrogen-bond donors (Lipinski definition) is 1. The van der Waals surface area contributed by atoms with E-state index >= 15 is 0 Å². The van der Waals surface area contributed by atoms with Crippen molar-refractivity contribution in [3.05, 3.63) is 83.3 Å². The van der Waals surface area contributed by atoms with Gasteiger partial charge >= 0.3 is 5.97 Å². The molecule has 0 aliphatic carbocycles. The summed E-state index contributed by atoms with van der Waals surface area (Å²) >= 11 is 5.83. The predicted octanol–water partition coefficient (Wildman–Crippen LogP) is 4.46. The van der Waals surface area contributed by atoms with Gasteiger partial charge in [-0.25, -0.2) is 4.79 Å². The third kappa shape index (κ3) is 4.77. The minimum atomic E-state index is -0.960. The van der Waals surface area contributed by atoms with Crippen molar-refractivity contribution in [3.63, 3.8) is 0 Å². The van der Waals surface area contributed by atoms with Crippen LogP contribution in [0.3, 0.4) is 0 Å². The first-order valence-corrected chi connectivity index (χ1v) is 8.78. The second kappa shape index (κ2) is 8.56. The van der Waals surface area contributed by atoms with E-state index in [4.69, 9.17) is 20.8 Å². The molecule has 1 atom stereocenters. The summed E-state index contributed by atoms with van der Waals surface area (Å²) in [5.74, 6) is -1.02. The van der Waals surface area contributed by atoms with Crippen LogP contribution in [0.2, 0.25) is 5.02 Å². The average Bonchev–Trinajstić information content (AvgIpc) is 3.18. The van der Waals surface area contributed by atoms with Crippen LogP contribution in [0.5, 0.6) is 0 Å². The number of nitrogens with one attached hydrogen (secondary N) is 1. The van der Waals surface area contributed by atoms with E-state index in [1.54, 1.807) is 18.2 Å². The Labute approximate surface area is 161 Å². The molecule has 0 spiro atoms. The Kier molecular flexibility index (Phi) is 5.94. The highest BCUT2D eigenvalue weighted by Gasteiger charge is 2.23. The van der Waals surface area contributed by atoms with E-state index < -0.39 is 18.0 Å². The maximum Gasteiger partial charge on any atom is 0.375 e. The standard InChI is InChI=1S/C21H18ClNO4/c1-14(20(24)23-13-15-7-9-17(22)10-8-15)27-21(25)19-18(11-12-26-19)16-5-3-2-4-6-16/h2-12,14H,13H2,1H3,(H,23,24). The van der Waals surface area contributed by atoms with Gasteiger partial charge in [0, 0.05) is 17.1 Å². The Morgan fingerprint density at radius 3 is 2.48 bits per heavy atom. The van der Waals surface area contributed by atoms with E-state index in [-0.39, 0.29) is 5.76 Å². The van der Waals surface area contributed by atoms with Gasteiger partial charge in [-0.05, 0) is 36.2 Å². The van der Waals surface area contributed by atoms with Gasteiger partial charge in [-0.2, -0.15) is 0 Å². The lowest BCUT2D eigenvalue weighted by atomic mass is 10.1. The highest BCUT2D eigenvalue weighted by molar-refractivity contribution is 6.30. The summed E-state index contributed by atoms with van der Waals surface area (Å²) in [6.45, 7) is 1.83. The molecule has 0 saturated heterocycles. The molecular weight excluding hydrogens is 366 g/mol. The average molecular weight is 384 g/mol. The minimum Gasteiger partial charge on any atom is -0.457 e. The van der Waals surface area contributed by atoms with Gasteiger partial charge in [-0.3, -0.25) is 4.79 Å². The normalized spacial score (nSPS) is 11.6. The molecule has 0 aliphatic rings. The van der Waals surface area contributed by atoms with Gasteiger partial charge in [-0.1, -0.05) is 54.1 Å². The van der Waals surface area contributed by atoms with Crippen LogP contribution in [0.1, 0.15) is 23.0 Å². The zero-order chi connectivity index (χ0) is 19.2. The number of ether oxygens (including phenoxy) is 1. The lowest BCUT2D eigenvalue weighted by molar-refractivity contribution is -0.129. The Balaban J connectivity index is 1.60.